The van der Waals surface area contributed by atoms with Crippen LogP contribution in [0, 0.1) is 5.92 Å². The molecule has 0 bridgehead atoms. The van der Waals surface area contributed by atoms with Crippen LogP contribution in [0.15, 0.2) is 73.2 Å². The maximum Gasteiger partial charge on any atom is 0.258 e. The molecular weight excluding hydrogens is 480 g/mol. The monoisotopic (exact) mass is 512 g/mol. The fraction of sp³-hybridized carbons (Fsp3) is 0.310. The molecule has 2 amide bonds. The van der Waals surface area contributed by atoms with Gasteiger partial charge in [0.05, 0.1) is 18.5 Å². The Morgan fingerprint density at radius 2 is 1.95 bits per heavy atom. The van der Waals surface area contributed by atoms with Crippen LogP contribution < -0.4 is 10.6 Å². The molecule has 9 nitrogen and oxygen atoms in total. The lowest BCUT2D eigenvalue weighted by atomic mass is 10.1. The van der Waals surface area contributed by atoms with E-state index in [1.165, 1.54) is 0 Å². The van der Waals surface area contributed by atoms with Gasteiger partial charge in [0, 0.05) is 61.7 Å². The maximum absolute atomic E-state index is 13.2. The summed E-state index contributed by atoms with van der Waals surface area (Å²) in [7, 11) is 1.86. The largest absolute Gasteiger partial charge is 0.381 e. The first kappa shape index (κ1) is 25.4. The van der Waals surface area contributed by atoms with Gasteiger partial charge in [-0.1, -0.05) is 30.3 Å². The molecule has 2 aromatic heterocycles. The zero-order chi connectivity index (χ0) is 26.3. The standard InChI is InChI=1S/C29H32N6O3/c1-34-18-24(17-31-34)22-7-5-8-23(15-22)28(37)33-29-32-25(19-35(29)26-10-3-2-4-11-26)9-6-12-27(36)30-16-21-13-14-38-20-21/h2-5,7-8,10-11,15,17-19,21H,6,9,12-14,16,20H2,1H3,(H,30,36)(H,32,33,37). The van der Waals surface area contributed by atoms with Crippen molar-refractivity contribution in [2.24, 2.45) is 13.0 Å². The fourth-order valence-electron chi connectivity index (χ4n) is 4.53. The number of carbonyl (C=O) groups excluding carboxylic acids is 2. The van der Waals surface area contributed by atoms with E-state index in [1.807, 2.05) is 72.5 Å². The minimum atomic E-state index is -0.250. The molecule has 2 N–H and O–H groups in total. The average molecular weight is 513 g/mol. The first-order valence-electron chi connectivity index (χ1n) is 12.9. The second kappa shape index (κ2) is 11.9. The van der Waals surface area contributed by atoms with Crippen LogP contribution in [0.2, 0.25) is 0 Å². The number of nitrogens with zero attached hydrogens (tertiary/aromatic N) is 4. The number of imidazole rings is 1. The highest BCUT2D eigenvalue weighted by molar-refractivity contribution is 6.04. The fourth-order valence-corrected chi connectivity index (χ4v) is 4.53. The third-order valence-electron chi connectivity index (χ3n) is 6.63. The molecule has 196 valence electrons. The van der Waals surface area contributed by atoms with Crippen LogP contribution in [0.1, 0.15) is 35.3 Å². The number of para-hydroxylation sites is 1. The van der Waals surface area contributed by atoms with Crippen LogP contribution in [-0.2, 0) is 23.0 Å². The molecule has 1 atom stereocenters. The Hall–Kier alpha value is -4.24. The van der Waals surface area contributed by atoms with Gasteiger partial charge < -0.3 is 10.1 Å². The molecule has 0 saturated carbocycles. The summed E-state index contributed by atoms with van der Waals surface area (Å²) < 4.78 is 8.97. The smallest absolute Gasteiger partial charge is 0.258 e. The molecule has 1 aliphatic heterocycles. The number of benzene rings is 2. The van der Waals surface area contributed by atoms with E-state index in [2.05, 4.69) is 15.7 Å². The molecule has 9 heteroatoms. The second-order valence-corrected chi connectivity index (χ2v) is 9.59. The number of amides is 2. The van der Waals surface area contributed by atoms with Crippen molar-refractivity contribution in [3.8, 4) is 16.8 Å². The number of anilines is 1. The van der Waals surface area contributed by atoms with Gasteiger partial charge in [-0.15, -0.1) is 0 Å². The Bertz CT molecular complexity index is 1390. The SMILES string of the molecule is Cn1cc(-c2cccc(C(=O)Nc3nc(CCCC(=O)NCC4CCOC4)cn3-c3ccccc3)c2)cn1. The number of hydrogen-bond acceptors (Lipinski definition) is 5. The van der Waals surface area contributed by atoms with Crippen LogP contribution in [-0.4, -0.2) is 50.9 Å². The minimum Gasteiger partial charge on any atom is -0.381 e. The summed E-state index contributed by atoms with van der Waals surface area (Å²) in [5, 5.41) is 10.2. The van der Waals surface area contributed by atoms with E-state index in [0.29, 0.717) is 43.2 Å². The van der Waals surface area contributed by atoms with Crippen molar-refractivity contribution in [1.29, 1.82) is 0 Å². The lowest BCUT2D eigenvalue weighted by Gasteiger charge is -2.09. The topological polar surface area (TPSA) is 103 Å². The highest BCUT2D eigenvalue weighted by atomic mass is 16.5. The van der Waals surface area contributed by atoms with Crippen LogP contribution in [0.4, 0.5) is 5.95 Å². The Morgan fingerprint density at radius 3 is 2.71 bits per heavy atom. The summed E-state index contributed by atoms with van der Waals surface area (Å²) in [5.74, 6) is 0.646. The van der Waals surface area contributed by atoms with Crippen molar-refractivity contribution in [3.63, 3.8) is 0 Å². The molecule has 1 saturated heterocycles. The predicted octanol–water partition coefficient (Wildman–Crippen LogP) is 4.00. The maximum atomic E-state index is 13.2. The number of hydrogen-bond donors (Lipinski definition) is 2. The van der Waals surface area contributed by atoms with Crippen molar-refractivity contribution >= 4 is 17.8 Å². The van der Waals surface area contributed by atoms with Crippen molar-refractivity contribution in [3.05, 3.63) is 84.4 Å². The van der Waals surface area contributed by atoms with E-state index in [4.69, 9.17) is 9.72 Å². The summed E-state index contributed by atoms with van der Waals surface area (Å²) in [6.45, 7) is 2.17. The van der Waals surface area contributed by atoms with Crippen LogP contribution in [0.3, 0.4) is 0 Å². The molecule has 0 aliphatic carbocycles. The van der Waals surface area contributed by atoms with E-state index in [9.17, 15) is 9.59 Å². The first-order chi connectivity index (χ1) is 18.5. The number of carbonyl (C=O) groups is 2. The molecule has 38 heavy (non-hydrogen) atoms. The summed E-state index contributed by atoms with van der Waals surface area (Å²) in [6.07, 6.45) is 8.32. The molecule has 2 aromatic carbocycles. The molecule has 1 aliphatic rings. The van der Waals surface area contributed by atoms with E-state index >= 15 is 0 Å². The molecule has 4 aromatic rings. The Labute approximate surface area is 221 Å². The van der Waals surface area contributed by atoms with Gasteiger partial charge in [0.2, 0.25) is 11.9 Å². The van der Waals surface area contributed by atoms with Crippen molar-refractivity contribution in [2.45, 2.75) is 25.7 Å². The normalized spacial score (nSPS) is 14.9. The Kier molecular flexibility index (Phi) is 7.94. The zero-order valence-electron chi connectivity index (χ0n) is 21.5. The molecule has 1 fully saturated rings. The highest BCUT2D eigenvalue weighted by Crippen LogP contribution is 2.22. The van der Waals surface area contributed by atoms with Gasteiger partial charge in [-0.2, -0.15) is 5.10 Å². The number of aryl methyl sites for hydroxylation is 2. The molecule has 3 heterocycles. The summed E-state index contributed by atoms with van der Waals surface area (Å²) in [5.41, 5.74) is 4.08. The van der Waals surface area contributed by atoms with Gasteiger partial charge in [0.25, 0.3) is 5.91 Å². The second-order valence-electron chi connectivity index (χ2n) is 9.59. The third-order valence-corrected chi connectivity index (χ3v) is 6.63. The molecule has 5 rings (SSSR count). The van der Waals surface area contributed by atoms with Gasteiger partial charge in [0.15, 0.2) is 0 Å². The summed E-state index contributed by atoms with van der Waals surface area (Å²) in [4.78, 5) is 30.2. The highest BCUT2D eigenvalue weighted by Gasteiger charge is 2.17. The summed E-state index contributed by atoms with van der Waals surface area (Å²) in [6, 6.07) is 17.2. The Balaban J connectivity index is 1.26. The first-order valence-corrected chi connectivity index (χ1v) is 12.9. The lowest BCUT2D eigenvalue weighted by molar-refractivity contribution is -0.121. The van der Waals surface area contributed by atoms with Gasteiger partial charge in [0.1, 0.15) is 0 Å². The predicted molar refractivity (Wildman–Crippen MR) is 145 cm³/mol. The van der Waals surface area contributed by atoms with Crippen LogP contribution in [0.5, 0.6) is 0 Å². The molecule has 0 spiro atoms. The third kappa shape index (κ3) is 6.36. The van der Waals surface area contributed by atoms with E-state index in [-0.39, 0.29) is 11.8 Å². The molecule has 1 unspecified atom stereocenters. The van der Waals surface area contributed by atoms with Gasteiger partial charge in [-0.3, -0.25) is 24.2 Å². The molecular formula is C29H32N6O3. The average Bonchev–Trinajstić information content (AvgIpc) is 3.70. The van der Waals surface area contributed by atoms with E-state index in [1.54, 1.807) is 16.9 Å². The van der Waals surface area contributed by atoms with Gasteiger partial charge >= 0.3 is 0 Å². The molecule has 0 radical (unpaired) electrons. The Morgan fingerprint density at radius 1 is 1.08 bits per heavy atom. The van der Waals surface area contributed by atoms with Crippen molar-refractivity contribution < 1.29 is 14.3 Å². The number of aromatic nitrogens is 4. The van der Waals surface area contributed by atoms with Crippen molar-refractivity contribution in [1.82, 2.24) is 24.6 Å². The van der Waals surface area contributed by atoms with Crippen LogP contribution >= 0.6 is 0 Å². The quantitative estimate of drug-likeness (QED) is 0.334. The van der Waals surface area contributed by atoms with Gasteiger partial charge in [-0.25, -0.2) is 4.98 Å². The minimum absolute atomic E-state index is 0.0430. The lowest BCUT2D eigenvalue weighted by Crippen LogP contribution is -2.29. The number of rotatable bonds is 10. The zero-order valence-corrected chi connectivity index (χ0v) is 21.5. The number of ether oxygens (including phenoxy) is 1. The van der Waals surface area contributed by atoms with E-state index in [0.717, 1.165) is 42.1 Å². The van der Waals surface area contributed by atoms with Crippen LogP contribution in [0.25, 0.3) is 16.8 Å². The number of nitrogens with one attached hydrogen (secondary N) is 2. The van der Waals surface area contributed by atoms with Crippen molar-refractivity contribution in [2.75, 3.05) is 25.1 Å². The van der Waals surface area contributed by atoms with E-state index < -0.39 is 0 Å². The summed E-state index contributed by atoms with van der Waals surface area (Å²) >= 11 is 0. The van der Waals surface area contributed by atoms with Gasteiger partial charge in [-0.05, 0) is 49.1 Å².